The number of nitrogens with zero attached hydrogens (tertiary/aromatic N) is 4. The van der Waals surface area contributed by atoms with Crippen molar-refractivity contribution in [2.24, 2.45) is 0 Å². The average molecular weight is 454 g/mol. The molecule has 3 rings (SSSR count). The summed E-state index contributed by atoms with van der Waals surface area (Å²) in [6.07, 6.45) is -2.12. The predicted molar refractivity (Wildman–Crippen MR) is 103 cm³/mol. The minimum atomic E-state index is -4.65. The third kappa shape index (κ3) is 5.00. The first-order valence-corrected chi connectivity index (χ1v) is 9.11. The average Bonchev–Trinajstić information content (AvgIpc) is 3.22. The zero-order valence-electron chi connectivity index (χ0n) is 16.1. The summed E-state index contributed by atoms with van der Waals surface area (Å²) in [7, 11) is 1.24. The van der Waals surface area contributed by atoms with Gasteiger partial charge in [0.15, 0.2) is 11.6 Å². The van der Waals surface area contributed by atoms with Crippen LogP contribution in [0.3, 0.4) is 0 Å². The number of halogens is 4. The van der Waals surface area contributed by atoms with Crippen molar-refractivity contribution in [2.75, 3.05) is 7.11 Å². The Labute approximate surface area is 179 Å². The molecule has 1 amide bonds. The number of rotatable bonds is 5. The molecule has 162 valence electrons. The van der Waals surface area contributed by atoms with Gasteiger partial charge < -0.3 is 10.1 Å². The van der Waals surface area contributed by atoms with Crippen molar-refractivity contribution in [3.05, 3.63) is 70.4 Å². The third-order valence-electron chi connectivity index (χ3n) is 4.18. The van der Waals surface area contributed by atoms with Gasteiger partial charge in [0.25, 0.3) is 5.91 Å². The molecule has 2 aromatic heterocycles. The van der Waals surface area contributed by atoms with Crippen LogP contribution >= 0.6 is 11.6 Å². The van der Waals surface area contributed by atoms with Crippen LogP contribution in [0.5, 0.6) is 0 Å². The second kappa shape index (κ2) is 8.72. The quantitative estimate of drug-likeness (QED) is 0.592. The molecule has 0 aliphatic rings. The fraction of sp³-hybridized carbons (Fsp3) is 0.211. The molecule has 2 heterocycles. The lowest BCUT2D eigenvalue weighted by atomic mass is 10.1. The molecule has 0 fully saturated rings. The number of esters is 1. The summed E-state index contributed by atoms with van der Waals surface area (Å²) in [5.74, 6) is -0.754. The Kier molecular flexibility index (Phi) is 6.25. The molecule has 1 atom stereocenters. The lowest BCUT2D eigenvalue weighted by Gasteiger charge is -2.15. The SMILES string of the molecule is COC(=O)c1ccc(-n2ncnc2[C@H](C)NC(=O)c2cc(Cl)cc(C(F)(F)F)c2)nc1. The minimum absolute atomic E-state index is 0.217. The highest BCUT2D eigenvalue weighted by molar-refractivity contribution is 6.31. The number of methoxy groups -OCH3 is 1. The zero-order valence-corrected chi connectivity index (χ0v) is 16.9. The fourth-order valence-electron chi connectivity index (χ4n) is 2.70. The first kappa shape index (κ1) is 22.2. The van der Waals surface area contributed by atoms with Gasteiger partial charge in [-0.2, -0.15) is 23.0 Å². The zero-order chi connectivity index (χ0) is 22.8. The highest BCUT2D eigenvalue weighted by Crippen LogP contribution is 2.32. The lowest BCUT2D eigenvalue weighted by Crippen LogP contribution is -2.29. The first-order valence-electron chi connectivity index (χ1n) is 8.73. The lowest BCUT2D eigenvalue weighted by molar-refractivity contribution is -0.137. The molecule has 3 aromatic rings. The van der Waals surface area contributed by atoms with E-state index in [0.29, 0.717) is 11.9 Å². The predicted octanol–water partition coefficient (Wildman–Crippen LogP) is 3.61. The normalized spacial score (nSPS) is 12.3. The minimum Gasteiger partial charge on any atom is -0.465 e. The van der Waals surface area contributed by atoms with Crippen LogP contribution in [0.1, 0.15) is 45.1 Å². The molecule has 0 aliphatic heterocycles. The van der Waals surface area contributed by atoms with E-state index in [0.717, 1.165) is 12.1 Å². The largest absolute Gasteiger partial charge is 0.465 e. The number of benzene rings is 1. The van der Waals surface area contributed by atoms with E-state index in [1.165, 1.54) is 36.4 Å². The molecule has 0 spiro atoms. The number of ether oxygens (including phenoxy) is 1. The Balaban J connectivity index is 1.82. The number of alkyl halides is 3. The second-order valence-corrected chi connectivity index (χ2v) is 6.78. The Morgan fingerprint density at radius 1 is 1.16 bits per heavy atom. The van der Waals surface area contributed by atoms with Gasteiger partial charge in [0, 0.05) is 16.8 Å². The molecule has 31 heavy (non-hydrogen) atoms. The Morgan fingerprint density at radius 2 is 1.90 bits per heavy atom. The molecular formula is C19H15ClF3N5O3. The van der Waals surface area contributed by atoms with E-state index in [2.05, 4.69) is 25.1 Å². The van der Waals surface area contributed by atoms with E-state index >= 15 is 0 Å². The van der Waals surface area contributed by atoms with Crippen LogP contribution in [-0.2, 0) is 10.9 Å². The van der Waals surface area contributed by atoms with Gasteiger partial charge in [-0.25, -0.2) is 14.8 Å². The Bertz CT molecular complexity index is 1120. The highest BCUT2D eigenvalue weighted by atomic mass is 35.5. The topological polar surface area (TPSA) is 99.0 Å². The first-order chi connectivity index (χ1) is 14.6. The Hall–Kier alpha value is -3.47. The van der Waals surface area contributed by atoms with Crippen molar-refractivity contribution in [2.45, 2.75) is 19.1 Å². The molecule has 0 bridgehead atoms. The van der Waals surface area contributed by atoms with Gasteiger partial charge in [0.1, 0.15) is 6.33 Å². The fourth-order valence-corrected chi connectivity index (χ4v) is 2.94. The van der Waals surface area contributed by atoms with Gasteiger partial charge in [-0.1, -0.05) is 11.6 Å². The van der Waals surface area contributed by atoms with Gasteiger partial charge in [0.05, 0.1) is 24.3 Å². The van der Waals surface area contributed by atoms with Crippen molar-refractivity contribution in [1.82, 2.24) is 25.1 Å². The van der Waals surface area contributed by atoms with Crippen LogP contribution in [0.2, 0.25) is 5.02 Å². The van der Waals surface area contributed by atoms with Crippen molar-refractivity contribution in [1.29, 1.82) is 0 Å². The monoisotopic (exact) mass is 453 g/mol. The molecule has 0 saturated carbocycles. The van der Waals surface area contributed by atoms with E-state index in [1.807, 2.05) is 0 Å². The number of hydrogen-bond acceptors (Lipinski definition) is 6. The summed E-state index contributed by atoms with van der Waals surface area (Å²) in [5, 5.41) is 6.39. The molecule has 0 saturated heterocycles. The van der Waals surface area contributed by atoms with Crippen LogP contribution in [0.4, 0.5) is 13.2 Å². The van der Waals surface area contributed by atoms with E-state index < -0.39 is 29.7 Å². The van der Waals surface area contributed by atoms with Crippen LogP contribution in [0.15, 0.2) is 42.9 Å². The number of carbonyl (C=O) groups is 2. The number of amides is 1. The molecule has 0 radical (unpaired) electrons. The molecular weight excluding hydrogens is 439 g/mol. The summed E-state index contributed by atoms with van der Waals surface area (Å²) < 4.78 is 44.9. The van der Waals surface area contributed by atoms with Gasteiger partial charge >= 0.3 is 12.1 Å². The second-order valence-electron chi connectivity index (χ2n) is 6.35. The van der Waals surface area contributed by atoms with Gasteiger partial charge in [-0.15, -0.1) is 0 Å². The molecule has 1 N–H and O–H groups in total. The number of hydrogen-bond donors (Lipinski definition) is 1. The van der Waals surface area contributed by atoms with Crippen LogP contribution in [0.25, 0.3) is 5.82 Å². The number of nitrogens with one attached hydrogen (secondary N) is 1. The van der Waals surface area contributed by atoms with Crippen LogP contribution in [-0.4, -0.2) is 38.7 Å². The van der Waals surface area contributed by atoms with E-state index in [1.54, 1.807) is 6.92 Å². The van der Waals surface area contributed by atoms with E-state index in [9.17, 15) is 22.8 Å². The maximum atomic E-state index is 13.0. The van der Waals surface area contributed by atoms with Gasteiger partial charge in [-0.05, 0) is 37.3 Å². The summed E-state index contributed by atoms with van der Waals surface area (Å²) in [5.41, 5.74) is -1.05. The van der Waals surface area contributed by atoms with Crippen LogP contribution in [0, 0.1) is 0 Å². The standard InChI is InChI=1S/C19H15ClF3N5O3/c1-10(27-17(29)12-5-13(19(21,22)23)7-14(20)6-12)16-25-9-26-28(16)15-4-3-11(8-24-15)18(30)31-2/h3-10H,1-2H3,(H,27,29)/t10-/m0/s1. The summed E-state index contributed by atoms with van der Waals surface area (Å²) >= 11 is 5.74. The maximum absolute atomic E-state index is 13.0. The van der Waals surface area contributed by atoms with Crippen molar-refractivity contribution >= 4 is 23.5 Å². The third-order valence-corrected chi connectivity index (χ3v) is 4.40. The molecule has 1 aromatic carbocycles. The summed E-state index contributed by atoms with van der Waals surface area (Å²) in [6.45, 7) is 1.58. The van der Waals surface area contributed by atoms with Gasteiger partial charge in [-0.3, -0.25) is 4.79 Å². The molecule has 8 nitrogen and oxygen atoms in total. The molecule has 12 heteroatoms. The number of aromatic nitrogens is 4. The van der Waals surface area contributed by atoms with Crippen molar-refractivity contribution in [3.63, 3.8) is 0 Å². The van der Waals surface area contributed by atoms with Gasteiger partial charge in [0.2, 0.25) is 0 Å². The van der Waals surface area contributed by atoms with Crippen LogP contribution < -0.4 is 5.32 Å². The maximum Gasteiger partial charge on any atom is 0.416 e. The number of carbonyl (C=O) groups excluding carboxylic acids is 2. The van der Waals surface area contributed by atoms with E-state index in [-0.39, 0.29) is 22.0 Å². The molecule has 0 unspecified atom stereocenters. The number of pyridine rings is 1. The van der Waals surface area contributed by atoms with Crippen molar-refractivity contribution < 1.29 is 27.5 Å². The summed E-state index contributed by atoms with van der Waals surface area (Å²) in [4.78, 5) is 32.3. The van der Waals surface area contributed by atoms with Crippen molar-refractivity contribution in [3.8, 4) is 5.82 Å². The van der Waals surface area contributed by atoms with E-state index in [4.69, 9.17) is 11.6 Å². The molecule has 0 aliphatic carbocycles. The smallest absolute Gasteiger partial charge is 0.416 e. The summed E-state index contributed by atoms with van der Waals surface area (Å²) in [6, 6.07) is 4.83. The highest BCUT2D eigenvalue weighted by Gasteiger charge is 2.32. The Morgan fingerprint density at radius 3 is 2.52 bits per heavy atom.